The lowest BCUT2D eigenvalue weighted by molar-refractivity contribution is -0.168. The van der Waals surface area contributed by atoms with E-state index in [2.05, 4.69) is 25.1 Å². The first-order valence-corrected chi connectivity index (χ1v) is 8.74. The highest BCUT2D eigenvalue weighted by Crippen LogP contribution is 2.43. The number of carbonyl (C=O) groups is 2. The largest absolute Gasteiger partial charge is 0.468 e. The van der Waals surface area contributed by atoms with Crippen LogP contribution in [0.3, 0.4) is 0 Å². The minimum absolute atomic E-state index is 0.330. The smallest absolute Gasteiger partial charge is 0.323 e. The van der Waals surface area contributed by atoms with E-state index in [9.17, 15) is 9.59 Å². The number of hydrogen-bond acceptors (Lipinski definition) is 4. The average Bonchev–Trinajstić information content (AvgIpc) is 3.08. The molecule has 3 rings (SSSR count). The van der Waals surface area contributed by atoms with E-state index in [0.29, 0.717) is 12.8 Å². The van der Waals surface area contributed by atoms with Crippen LogP contribution in [0.1, 0.15) is 33.4 Å². The Morgan fingerprint density at radius 1 is 0.962 bits per heavy atom. The molecule has 4 nitrogen and oxygen atoms in total. The maximum absolute atomic E-state index is 12.5. The predicted octanol–water partition coefficient (Wildman–Crippen LogP) is 3.33. The number of fused-ring (bicyclic) bond motifs is 1. The highest BCUT2D eigenvalue weighted by Gasteiger charge is 2.53. The topological polar surface area (TPSA) is 52.6 Å². The highest BCUT2D eigenvalue weighted by atomic mass is 16.5. The maximum Gasteiger partial charge on any atom is 0.323 e. The van der Waals surface area contributed by atoms with Crippen molar-refractivity contribution in [3.63, 3.8) is 0 Å². The Balaban J connectivity index is 2.04. The third-order valence-corrected chi connectivity index (χ3v) is 5.51. The monoisotopic (exact) mass is 352 g/mol. The summed E-state index contributed by atoms with van der Waals surface area (Å²) in [6.07, 6.45) is 1.49. The van der Waals surface area contributed by atoms with Crippen molar-refractivity contribution in [2.75, 3.05) is 14.2 Å². The van der Waals surface area contributed by atoms with Gasteiger partial charge in [-0.15, -0.1) is 0 Å². The second-order valence-electron chi connectivity index (χ2n) is 7.02. The van der Waals surface area contributed by atoms with Crippen LogP contribution >= 0.6 is 0 Å². The summed E-state index contributed by atoms with van der Waals surface area (Å²) in [6, 6.07) is 12.5. The summed E-state index contributed by atoms with van der Waals surface area (Å²) < 4.78 is 9.92. The summed E-state index contributed by atoms with van der Waals surface area (Å²) >= 11 is 0. The van der Waals surface area contributed by atoms with Crippen LogP contribution in [0, 0.1) is 19.3 Å². The quantitative estimate of drug-likeness (QED) is 0.626. The predicted molar refractivity (Wildman–Crippen MR) is 99.0 cm³/mol. The first-order chi connectivity index (χ1) is 12.4. The minimum Gasteiger partial charge on any atom is -0.468 e. The fourth-order valence-corrected chi connectivity index (χ4v) is 4.03. The van der Waals surface area contributed by atoms with Crippen LogP contribution in [-0.2, 0) is 38.3 Å². The molecule has 0 radical (unpaired) electrons. The molecule has 136 valence electrons. The molecular weight excluding hydrogens is 328 g/mol. The van der Waals surface area contributed by atoms with Crippen LogP contribution in [-0.4, -0.2) is 26.2 Å². The second-order valence-corrected chi connectivity index (χ2v) is 7.02. The molecule has 0 unspecified atom stereocenters. The van der Waals surface area contributed by atoms with E-state index in [1.807, 2.05) is 25.1 Å². The zero-order valence-electron chi connectivity index (χ0n) is 15.7. The number of methoxy groups -OCH3 is 2. The number of aryl methyl sites for hydroxylation is 1. The third-order valence-electron chi connectivity index (χ3n) is 5.51. The molecule has 2 aromatic carbocycles. The lowest BCUT2D eigenvalue weighted by Gasteiger charge is -2.22. The molecular formula is C22H24O4. The molecule has 1 aliphatic rings. The molecule has 0 N–H and O–H groups in total. The maximum atomic E-state index is 12.5. The van der Waals surface area contributed by atoms with Gasteiger partial charge in [-0.25, -0.2) is 0 Å². The molecule has 1 aliphatic carbocycles. The van der Waals surface area contributed by atoms with Gasteiger partial charge in [0.15, 0.2) is 5.41 Å². The second kappa shape index (κ2) is 6.94. The molecule has 4 heteroatoms. The number of rotatable bonds is 4. The van der Waals surface area contributed by atoms with E-state index in [0.717, 1.165) is 28.7 Å². The van der Waals surface area contributed by atoms with Gasteiger partial charge in [0.1, 0.15) is 0 Å². The van der Waals surface area contributed by atoms with Crippen molar-refractivity contribution in [2.45, 2.75) is 33.1 Å². The number of ether oxygens (including phenoxy) is 2. The Bertz CT molecular complexity index is 836. The van der Waals surface area contributed by atoms with E-state index in [1.54, 1.807) is 0 Å². The molecule has 0 atom stereocenters. The van der Waals surface area contributed by atoms with Gasteiger partial charge in [-0.2, -0.15) is 0 Å². The molecule has 2 aromatic rings. The molecule has 0 saturated carbocycles. The van der Waals surface area contributed by atoms with Crippen LogP contribution < -0.4 is 0 Å². The molecule has 26 heavy (non-hydrogen) atoms. The Morgan fingerprint density at radius 3 is 2.12 bits per heavy atom. The van der Waals surface area contributed by atoms with Gasteiger partial charge in [0.2, 0.25) is 0 Å². The molecule has 0 fully saturated rings. The SMILES string of the molecule is COC(=O)C1(C(=O)OC)Cc2c(C)cc(Cc3ccccc3)c(C)c2C1. The van der Waals surface area contributed by atoms with Gasteiger partial charge in [-0.3, -0.25) is 9.59 Å². The summed E-state index contributed by atoms with van der Waals surface area (Å²) in [5, 5.41) is 0. The van der Waals surface area contributed by atoms with Crippen LogP contribution in [0.2, 0.25) is 0 Å². The van der Waals surface area contributed by atoms with Crippen molar-refractivity contribution in [1.82, 2.24) is 0 Å². The number of esters is 2. The fourth-order valence-electron chi connectivity index (χ4n) is 4.03. The van der Waals surface area contributed by atoms with Gasteiger partial charge in [-0.1, -0.05) is 36.4 Å². The first-order valence-electron chi connectivity index (χ1n) is 8.74. The molecule has 0 amide bonds. The Labute approximate surface area is 154 Å². The minimum atomic E-state index is -1.27. The first kappa shape index (κ1) is 18.2. The molecule has 0 aliphatic heterocycles. The van der Waals surface area contributed by atoms with Crippen LogP contribution in [0.25, 0.3) is 0 Å². The summed E-state index contributed by atoms with van der Waals surface area (Å²) in [4.78, 5) is 25.0. The van der Waals surface area contributed by atoms with E-state index in [1.165, 1.54) is 25.3 Å². The van der Waals surface area contributed by atoms with Crippen molar-refractivity contribution in [3.05, 3.63) is 69.8 Å². The molecule has 0 saturated heterocycles. The van der Waals surface area contributed by atoms with Gasteiger partial charge in [0.05, 0.1) is 14.2 Å². The average molecular weight is 352 g/mol. The van der Waals surface area contributed by atoms with Crippen molar-refractivity contribution < 1.29 is 19.1 Å². The van der Waals surface area contributed by atoms with Gasteiger partial charge < -0.3 is 9.47 Å². The van der Waals surface area contributed by atoms with Crippen molar-refractivity contribution >= 4 is 11.9 Å². The van der Waals surface area contributed by atoms with E-state index < -0.39 is 17.4 Å². The summed E-state index contributed by atoms with van der Waals surface area (Å²) in [5.74, 6) is -1.05. The van der Waals surface area contributed by atoms with Crippen molar-refractivity contribution in [1.29, 1.82) is 0 Å². The van der Waals surface area contributed by atoms with Crippen LogP contribution in [0.5, 0.6) is 0 Å². The van der Waals surface area contributed by atoms with Gasteiger partial charge in [-0.05, 0) is 53.6 Å². The zero-order chi connectivity index (χ0) is 18.9. The number of hydrogen-bond donors (Lipinski definition) is 0. The van der Waals surface area contributed by atoms with Crippen LogP contribution in [0.4, 0.5) is 0 Å². The lowest BCUT2D eigenvalue weighted by Crippen LogP contribution is -2.42. The van der Waals surface area contributed by atoms with Gasteiger partial charge in [0, 0.05) is 12.8 Å². The van der Waals surface area contributed by atoms with Crippen LogP contribution in [0.15, 0.2) is 36.4 Å². The highest BCUT2D eigenvalue weighted by molar-refractivity contribution is 6.01. The lowest BCUT2D eigenvalue weighted by atomic mass is 9.84. The normalized spacial score (nSPS) is 14.6. The Hall–Kier alpha value is -2.62. The number of benzene rings is 2. The molecule has 0 heterocycles. The standard InChI is InChI=1S/C22H24O4/c1-14-10-17(11-16-8-6-5-7-9-16)15(2)19-13-22(12-18(14)19,20(23)25-3)21(24)26-4/h5-10H,11-13H2,1-4H3. The summed E-state index contributed by atoms with van der Waals surface area (Å²) in [7, 11) is 2.63. The summed E-state index contributed by atoms with van der Waals surface area (Å²) in [5.41, 5.74) is 5.57. The zero-order valence-corrected chi connectivity index (χ0v) is 15.7. The molecule has 0 bridgehead atoms. The summed E-state index contributed by atoms with van der Waals surface area (Å²) in [6.45, 7) is 4.11. The van der Waals surface area contributed by atoms with Gasteiger partial charge in [0.25, 0.3) is 0 Å². The fraction of sp³-hybridized carbons (Fsp3) is 0.364. The Morgan fingerprint density at radius 2 is 1.54 bits per heavy atom. The van der Waals surface area contributed by atoms with E-state index in [4.69, 9.17) is 9.47 Å². The van der Waals surface area contributed by atoms with Gasteiger partial charge >= 0.3 is 11.9 Å². The van der Waals surface area contributed by atoms with Crippen molar-refractivity contribution in [2.24, 2.45) is 5.41 Å². The van der Waals surface area contributed by atoms with E-state index >= 15 is 0 Å². The third kappa shape index (κ3) is 2.90. The molecule has 0 aromatic heterocycles. The van der Waals surface area contributed by atoms with Crippen molar-refractivity contribution in [3.8, 4) is 0 Å². The molecule has 0 spiro atoms. The number of carbonyl (C=O) groups excluding carboxylic acids is 2. The Kier molecular flexibility index (Phi) is 4.86. The van der Waals surface area contributed by atoms with E-state index in [-0.39, 0.29) is 0 Å².